The first-order valence-corrected chi connectivity index (χ1v) is 9.19. The second kappa shape index (κ2) is 6.54. The molecular formula is C20H22NO4-. The van der Waals surface area contributed by atoms with E-state index < -0.39 is 17.8 Å². The zero-order valence-electron chi connectivity index (χ0n) is 14.2. The summed E-state index contributed by atoms with van der Waals surface area (Å²) in [6.07, 6.45) is 7.15. The quantitative estimate of drug-likeness (QED) is 0.931. The molecule has 25 heavy (non-hydrogen) atoms. The maximum Gasteiger partial charge on any atom is 0.228 e. The van der Waals surface area contributed by atoms with Crippen LogP contribution in [-0.4, -0.2) is 11.9 Å². The fourth-order valence-electron chi connectivity index (χ4n) is 4.30. The van der Waals surface area contributed by atoms with Gasteiger partial charge in [-0.1, -0.05) is 12.8 Å². The Morgan fingerprint density at radius 3 is 2.60 bits per heavy atom. The molecule has 2 aromatic rings. The van der Waals surface area contributed by atoms with Crippen LogP contribution in [0.25, 0.3) is 11.0 Å². The fraction of sp³-hybridized carbons (Fsp3) is 0.500. The number of furan rings is 1. The van der Waals surface area contributed by atoms with Crippen LogP contribution in [0, 0.1) is 11.8 Å². The molecule has 2 atom stereocenters. The zero-order valence-corrected chi connectivity index (χ0v) is 14.2. The van der Waals surface area contributed by atoms with E-state index in [-0.39, 0.29) is 5.91 Å². The molecule has 0 spiro atoms. The molecule has 0 radical (unpaired) electrons. The number of carbonyl (C=O) groups excluding carboxylic acids is 2. The molecule has 1 fully saturated rings. The second-order valence-corrected chi connectivity index (χ2v) is 7.23. The lowest BCUT2D eigenvalue weighted by Gasteiger charge is -2.31. The molecule has 1 saturated carbocycles. The maximum absolute atomic E-state index is 12.6. The van der Waals surface area contributed by atoms with Crippen LogP contribution in [0.3, 0.4) is 0 Å². The van der Waals surface area contributed by atoms with Crippen molar-refractivity contribution < 1.29 is 19.1 Å². The molecule has 2 aliphatic rings. The molecular weight excluding hydrogens is 318 g/mol. The minimum atomic E-state index is -1.11. The molecule has 132 valence electrons. The highest BCUT2D eigenvalue weighted by atomic mass is 16.4. The van der Waals surface area contributed by atoms with Gasteiger partial charge in [0.25, 0.3) is 0 Å². The number of nitrogens with one attached hydrogen (secondary N) is 1. The van der Waals surface area contributed by atoms with Crippen LogP contribution >= 0.6 is 0 Å². The summed E-state index contributed by atoms with van der Waals surface area (Å²) in [4.78, 5) is 23.9. The highest BCUT2D eigenvalue weighted by Crippen LogP contribution is 2.34. The summed E-state index contributed by atoms with van der Waals surface area (Å²) in [7, 11) is 0. The average Bonchev–Trinajstić information content (AvgIpc) is 2.99. The van der Waals surface area contributed by atoms with E-state index in [4.69, 9.17) is 4.42 Å². The van der Waals surface area contributed by atoms with Crippen LogP contribution in [0.5, 0.6) is 0 Å². The molecule has 4 rings (SSSR count). The minimum absolute atomic E-state index is 0.217. The molecule has 5 nitrogen and oxygen atoms in total. The largest absolute Gasteiger partial charge is 0.550 e. The molecule has 0 aliphatic heterocycles. The fourth-order valence-corrected chi connectivity index (χ4v) is 4.30. The third-order valence-electron chi connectivity index (χ3n) is 5.63. The third-order valence-corrected chi connectivity index (χ3v) is 5.63. The van der Waals surface area contributed by atoms with Crippen LogP contribution in [-0.2, 0) is 22.4 Å². The van der Waals surface area contributed by atoms with Gasteiger partial charge >= 0.3 is 0 Å². The molecule has 0 unspecified atom stereocenters. The van der Waals surface area contributed by atoms with E-state index in [9.17, 15) is 14.7 Å². The molecule has 5 heteroatoms. The van der Waals surface area contributed by atoms with Gasteiger partial charge in [-0.15, -0.1) is 0 Å². The van der Waals surface area contributed by atoms with Gasteiger partial charge in [-0.25, -0.2) is 0 Å². The lowest BCUT2D eigenvalue weighted by Crippen LogP contribution is -2.42. The number of carbonyl (C=O) groups is 2. The molecule has 1 aromatic carbocycles. The van der Waals surface area contributed by atoms with Crippen LogP contribution in [0.15, 0.2) is 22.6 Å². The Kier molecular flexibility index (Phi) is 4.24. The summed E-state index contributed by atoms with van der Waals surface area (Å²) in [5.74, 6) is -1.45. The Morgan fingerprint density at radius 1 is 1.04 bits per heavy atom. The van der Waals surface area contributed by atoms with Crippen molar-refractivity contribution in [3.63, 3.8) is 0 Å². The topological polar surface area (TPSA) is 82.4 Å². The molecule has 0 saturated heterocycles. The van der Waals surface area contributed by atoms with Gasteiger partial charge in [-0.3, -0.25) is 4.79 Å². The summed E-state index contributed by atoms with van der Waals surface area (Å²) >= 11 is 0. The normalized spacial score (nSPS) is 23.2. The number of aliphatic carboxylic acids is 1. The number of aryl methyl sites for hydroxylation is 2. The number of rotatable bonds is 3. The number of anilines is 1. The Labute approximate surface area is 146 Å². The lowest BCUT2D eigenvalue weighted by molar-refractivity contribution is -0.313. The first kappa shape index (κ1) is 16.2. The molecule has 0 bridgehead atoms. The van der Waals surface area contributed by atoms with Gasteiger partial charge in [0.1, 0.15) is 11.3 Å². The highest BCUT2D eigenvalue weighted by molar-refractivity contribution is 5.97. The Hall–Kier alpha value is -2.30. The van der Waals surface area contributed by atoms with Crippen molar-refractivity contribution >= 4 is 28.5 Å². The van der Waals surface area contributed by atoms with Gasteiger partial charge in [-0.05, 0) is 50.3 Å². The van der Waals surface area contributed by atoms with Crippen molar-refractivity contribution in [1.29, 1.82) is 0 Å². The Morgan fingerprint density at radius 2 is 1.80 bits per heavy atom. The van der Waals surface area contributed by atoms with E-state index in [1.807, 2.05) is 18.2 Å². The van der Waals surface area contributed by atoms with E-state index >= 15 is 0 Å². The van der Waals surface area contributed by atoms with Crippen LogP contribution in [0.1, 0.15) is 49.8 Å². The van der Waals surface area contributed by atoms with E-state index in [1.165, 1.54) is 5.56 Å². The van der Waals surface area contributed by atoms with Gasteiger partial charge in [0.15, 0.2) is 0 Å². The molecule has 2 aliphatic carbocycles. The average molecular weight is 340 g/mol. The number of fused-ring (bicyclic) bond motifs is 3. The third kappa shape index (κ3) is 3.03. The van der Waals surface area contributed by atoms with Crippen molar-refractivity contribution in [2.45, 2.75) is 51.4 Å². The smallest absolute Gasteiger partial charge is 0.228 e. The SMILES string of the molecule is O=C([O-])[C@H]1CCCC[C@H]1C(=O)Nc1ccc2oc3c(c2c1)CCCC3. The van der Waals surface area contributed by atoms with Crippen LogP contribution in [0.2, 0.25) is 0 Å². The van der Waals surface area contributed by atoms with Crippen molar-refractivity contribution in [2.24, 2.45) is 11.8 Å². The van der Waals surface area contributed by atoms with Crippen LogP contribution in [0.4, 0.5) is 5.69 Å². The first-order valence-electron chi connectivity index (χ1n) is 9.19. The summed E-state index contributed by atoms with van der Waals surface area (Å²) in [6, 6.07) is 5.67. The summed E-state index contributed by atoms with van der Waals surface area (Å²) in [5.41, 5.74) is 2.81. The monoisotopic (exact) mass is 340 g/mol. The number of amides is 1. The summed E-state index contributed by atoms with van der Waals surface area (Å²) in [6.45, 7) is 0. The van der Waals surface area contributed by atoms with Crippen LogP contribution < -0.4 is 10.4 Å². The zero-order chi connectivity index (χ0) is 17.4. The number of carboxylic acids is 1. The highest BCUT2D eigenvalue weighted by Gasteiger charge is 2.32. The Balaban J connectivity index is 1.57. The van der Waals surface area contributed by atoms with E-state index in [0.29, 0.717) is 18.5 Å². The van der Waals surface area contributed by atoms with Crippen molar-refractivity contribution in [3.8, 4) is 0 Å². The molecule has 1 amide bonds. The second-order valence-electron chi connectivity index (χ2n) is 7.23. The lowest BCUT2D eigenvalue weighted by atomic mass is 9.78. The van der Waals surface area contributed by atoms with Gasteiger partial charge in [-0.2, -0.15) is 0 Å². The van der Waals surface area contributed by atoms with Gasteiger partial charge in [0.05, 0.1) is 0 Å². The molecule has 1 N–H and O–H groups in total. The Bertz CT molecular complexity index is 822. The molecule has 1 aromatic heterocycles. The van der Waals surface area contributed by atoms with E-state index in [0.717, 1.165) is 55.3 Å². The first-order chi connectivity index (χ1) is 12.1. The van der Waals surface area contributed by atoms with Gasteiger partial charge in [0.2, 0.25) is 5.91 Å². The minimum Gasteiger partial charge on any atom is -0.550 e. The van der Waals surface area contributed by atoms with Crippen molar-refractivity contribution in [1.82, 2.24) is 0 Å². The van der Waals surface area contributed by atoms with Gasteiger partial charge in [0, 0.05) is 40.9 Å². The van der Waals surface area contributed by atoms with E-state index in [1.54, 1.807) is 0 Å². The summed E-state index contributed by atoms with van der Waals surface area (Å²) < 4.78 is 5.92. The summed E-state index contributed by atoms with van der Waals surface area (Å²) in [5, 5.41) is 15.3. The number of carboxylic acid groups (broad SMARTS) is 1. The standard InChI is InChI=1S/C20H23NO4/c22-19(14-6-1-2-7-15(14)20(23)24)21-12-9-10-18-16(11-12)13-5-3-4-8-17(13)25-18/h9-11,14-15H,1-8H2,(H,21,22)(H,23,24)/p-1/t14-,15+/m1/s1. The van der Waals surface area contributed by atoms with Crippen molar-refractivity contribution in [3.05, 3.63) is 29.5 Å². The predicted molar refractivity (Wildman–Crippen MR) is 91.9 cm³/mol. The predicted octanol–water partition coefficient (Wildman–Crippen LogP) is 2.81. The molecule has 1 heterocycles. The van der Waals surface area contributed by atoms with E-state index in [2.05, 4.69) is 5.32 Å². The number of hydrogen-bond acceptors (Lipinski definition) is 4. The number of benzene rings is 1. The van der Waals surface area contributed by atoms with Gasteiger partial charge < -0.3 is 19.6 Å². The number of hydrogen-bond donors (Lipinski definition) is 1. The van der Waals surface area contributed by atoms with Crippen molar-refractivity contribution in [2.75, 3.05) is 5.32 Å². The maximum atomic E-state index is 12.6.